The van der Waals surface area contributed by atoms with Crippen molar-refractivity contribution in [3.63, 3.8) is 0 Å². The van der Waals surface area contributed by atoms with E-state index in [0.29, 0.717) is 5.95 Å². The number of nitrogens with one attached hydrogen (secondary N) is 2. The molecule has 1 aromatic heterocycles. The number of rotatable bonds is 6. The van der Waals surface area contributed by atoms with Crippen molar-refractivity contribution in [1.29, 1.82) is 0 Å². The molecule has 0 saturated heterocycles. The van der Waals surface area contributed by atoms with Crippen molar-refractivity contribution in [1.82, 2.24) is 9.97 Å². The second-order valence-electron chi connectivity index (χ2n) is 5.87. The van der Waals surface area contributed by atoms with Crippen LogP contribution in [0.3, 0.4) is 0 Å². The molecule has 4 heteroatoms. The van der Waals surface area contributed by atoms with Crippen LogP contribution < -0.4 is 10.6 Å². The van der Waals surface area contributed by atoms with Gasteiger partial charge in [-0.3, -0.25) is 0 Å². The maximum atomic E-state index is 4.53. The van der Waals surface area contributed by atoms with Crippen LogP contribution in [0.2, 0.25) is 0 Å². The third kappa shape index (κ3) is 4.32. The number of aromatic nitrogens is 2. The van der Waals surface area contributed by atoms with Crippen molar-refractivity contribution >= 4 is 17.5 Å². The number of aryl methyl sites for hydroxylation is 2. The lowest BCUT2D eigenvalue weighted by Crippen LogP contribution is -2.08. The van der Waals surface area contributed by atoms with Gasteiger partial charge >= 0.3 is 0 Å². The average molecular weight is 318 g/mol. The molecular formula is C20H22N4. The summed E-state index contributed by atoms with van der Waals surface area (Å²) in [7, 11) is 0. The predicted octanol–water partition coefficient (Wildman–Crippen LogP) is 4.49. The second-order valence-corrected chi connectivity index (χ2v) is 5.87. The van der Waals surface area contributed by atoms with Crippen LogP contribution in [0.15, 0.2) is 60.8 Å². The molecule has 2 aromatic carbocycles. The maximum Gasteiger partial charge on any atom is 0.229 e. The molecule has 0 atom stereocenters. The Balaban J connectivity index is 1.61. The van der Waals surface area contributed by atoms with Gasteiger partial charge in [0, 0.05) is 18.4 Å². The molecule has 3 aromatic rings. The van der Waals surface area contributed by atoms with Crippen molar-refractivity contribution in [2.45, 2.75) is 20.3 Å². The molecule has 0 aliphatic heterocycles. The van der Waals surface area contributed by atoms with Crippen LogP contribution in [-0.2, 0) is 6.42 Å². The van der Waals surface area contributed by atoms with Crippen molar-refractivity contribution in [3.8, 4) is 0 Å². The fourth-order valence-electron chi connectivity index (χ4n) is 2.57. The summed E-state index contributed by atoms with van der Waals surface area (Å²) in [6.07, 6.45) is 2.73. The first-order valence-corrected chi connectivity index (χ1v) is 8.16. The Bertz CT molecular complexity index is 800. The largest absolute Gasteiger partial charge is 0.370 e. The minimum absolute atomic E-state index is 0.603. The summed E-state index contributed by atoms with van der Waals surface area (Å²) in [6.45, 7) is 5.01. The van der Waals surface area contributed by atoms with Gasteiger partial charge in [0.1, 0.15) is 5.82 Å². The van der Waals surface area contributed by atoms with E-state index in [1.165, 1.54) is 16.7 Å². The first kappa shape index (κ1) is 16.0. The minimum Gasteiger partial charge on any atom is -0.370 e. The van der Waals surface area contributed by atoms with Crippen LogP contribution in [0.25, 0.3) is 0 Å². The SMILES string of the molecule is Cc1ccc(Nc2nccc(NCCc3ccccc3)n2)c(C)c1. The second kappa shape index (κ2) is 7.59. The summed E-state index contributed by atoms with van der Waals surface area (Å²) >= 11 is 0. The zero-order chi connectivity index (χ0) is 16.8. The van der Waals surface area contributed by atoms with Gasteiger partial charge in [-0.2, -0.15) is 4.98 Å². The van der Waals surface area contributed by atoms with Crippen LogP contribution in [0.5, 0.6) is 0 Å². The summed E-state index contributed by atoms with van der Waals surface area (Å²) in [5.74, 6) is 1.43. The first-order chi connectivity index (χ1) is 11.7. The summed E-state index contributed by atoms with van der Waals surface area (Å²) < 4.78 is 0. The molecule has 122 valence electrons. The molecule has 3 rings (SSSR count). The molecule has 0 saturated carbocycles. The van der Waals surface area contributed by atoms with Crippen LogP contribution in [-0.4, -0.2) is 16.5 Å². The molecule has 2 N–H and O–H groups in total. The fourth-order valence-corrected chi connectivity index (χ4v) is 2.57. The fraction of sp³-hybridized carbons (Fsp3) is 0.200. The lowest BCUT2D eigenvalue weighted by molar-refractivity contribution is 1.00. The smallest absolute Gasteiger partial charge is 0.229 e. The Morgan fingerprint density at radius 1 is 0.958 bits per heavy atom. The zero-order valence-electron chi connectivity index (χ0n) is 14.1. The number of hydrogen-bond acceptors (Lipinski definition) is 4. The highest BCUT2D eigenvalue weighted by molar-refractivity contribution is 5.59. The molecule has 0 aliphatic carbocycles. The van der Waals surface area contributed by atoms with Gasteiger partial charge in [-0.05, 0) is 43.5 Å². The lowest BCUT2D eigenvalue weighted by atomic mass is 10.1. The number of anilines is 3. The summed E-state index contributed by atoms with van der Waals surface area (Å²) in [5, 5.41) is 6.64. The minimum atomic E-state index is 0.603. The summed E-state index contributed by atoms with van der Waals surface area (Å²) in [4.78, 5) is 8.83. The molecule has 1 heterocycles. The van der Waals surface area contributed by atoms with Crippen molar-refractivity contribution in [3.05, 3.63) is 77.5 Å². The van der Waals surface area contributed by atoms with Gasteiger partial charge in [-0.1, -0.05) is 48.0 Å². The first-order valence-electron chi connectivity index (χ1n) is 8.16. The van der Waals surface area contributed by atoms with E-state index in [2.05, 4.69) is 76.9 Å². The predicted molar refractivity (Wildman–Crippen MR) is 99.9 cm³/mol. The normalized spacial score (nSPS) is 10.4. The van der Waals surface area contributed by atoms with Gasteiger partial charge in [0.05, 0.1) is 0 Å². The molecule has 0 unspecified atom stereocenters. The third-order valence-corrected chi connectivity index (χ3v) is 3.85. The third-order valence-electron chi connectivity index (χ3n) is 3.85. The Labute approximate surface area is 143 Å². The molecular weight excluding hydrogens is 296 g/mol. The average Bonchev–Trinajstić information content (AvgIpc) is 2.59. The Morgan fingerprint density at radius 3 is 2.58 bits per heavy atom. The van der Waals surface area contributed by atoms with Crippen LogP contribution >= 0.6 is 0 Å². The Hall–Kier alpha value is -2.88. The van der Waals surface area contributed by atoms with Crippen molar-refractivity contribution in [2.24, 2.45) is 0 Å². The van der Waals surface area contributed by atoms with E-state index in [9.17, 15) is 0 Å². The van der Waals surface area contributed by atoms with E-state index < -0.39 is 0 Å². The lowest BCUT2D eigenvalue weighted by Gasteiger charge is -2.10. The van der Waals surface area contributed by atoms with Crippen LogP contribution in [0, 0.1) is 13.8 Å². The number of nitrogens with zero attached hydrogens (tertiary/aromatic N) is 2. The van der Waals surface area contributed by atoms with Crippen LogP contribution in [0.1, 0.15) is 16.7 Å². The van der Waals surface area contributed by atoms with Gasteiger partial charge in [-0.25, -0.2) is 4.98 Å². The Morgan fingerprint density at radius 2 is 1.79 bits per heavy atom. The van der Waals surface area contributed by atoms with E-state index in [1.54, 1.807) is 6.20 Å². The topological polar surface area (TPSA) is 49.8 Å². The molecule has 0 bridgehead atoms. The summed E-state index contributed by atoms with van der Waals surface area (Å²) in [6, 6.07) is 18.6. The van der Waals surface area contributed by atoms with E-state index in [0.717, 1.165) is 24.5 Å². The highest BCUT2D eigenvalue weighted by atomic mass is 15.1. The standard InChI is InChI=1S/C20H22N4/c1-15-8-9-18(16(2)14-15)23-20-22-13-11-19(24-20)21-12-10-17-6-4-3-5-7-17/h3-9,11,13-14H,10,12H2,1-2H3,(H2,21,22,23,24). The van der Waals surface area contributed by atoms with Crippen molar-refractivity contribution < 1.29 is 0 Å². The van der Waals surface area contributed by atoms with Gasteiger partial charge in [0.2, 0.25) is 5.95 Å². The van der Waals surface area contributed by atoms with Gasteiger partial charge in [0.15, 0.2) is 0 Å². The highest BCUT2D eigenvalue weighted by Crippen LogP contribution is 2.19. The number of hydrogen-bond donors (Lipinski definition) is 2. The molecule has 0 aliphatic rings. The molecule has 24 heavy (non-hydrogen) atoms. The van der Waals surface area contributed by atoms with Gasteiger partial charge in [0.25, 0.3) is 0 Å². The van der Waals surface area contributed by atoms with E-state index in [4.69, 9.17) is 0 Å². The molecule has 0 fully saturated rings. The Kier molecular flexibility index (Phi) is 5.06. The maximum absolute atomic E-state index is 4.53. The monoisotopic (exact) mass is 318 g/mol. The van der Waals surface area contributed by atoms with E-state index in [-0.39, 0.29) is 0 Å². The van der Waals surface area contributed by atoms with Gasteiger partial charge in [-0.15, -0.1) is 0 Å². The molecule has 4 nitrogen and oxygen atoms in total. The molecule has 0 amide bonds. The van der Waals surface area contributed by atoms with Gasteiger partial charge < -0.3 is 10.6 Å². The highest BCUT2D eigenvalue weighted by Gasteiger charge is 2.03. The zero-order valence-corrected chi connectivity index (χ0v) is 14.1. The summed E-state index contributed by atoms with van der Waals surface area (Å²) in [5.41, 5.74) is 4.77. The van der Waals surface area contributed by atoms with Crippen molar-refractivity contribution in [2.75, 3.05) is 17.2 Å². The molecule has 0 spiro atoms. The quantitative estimate of drug-likeness (QED) is 0.703. The molecule has 0 radical (unpaired) electrons. The van der Waals surface area contributed by atoms with E-state index in [1.807, 2.05) is 12.1 Å². The van der Waals surface area contributed by atoms with Crippen LogP contribution in [0.4, 0.5) is 17.5 Å². The van der Waals surface area contributed by atoms with E-state index >= 15 is 0 Å². The number of benzene rings is 2.